The number of likely N-dealkylation sites (tertiary alicyclic amines) is 2. The number of amides is 2. The number of fused-ring (bicyclic) bond motifs is 14. The van der Waals surface area contributed by atoms with Crippen molar-refractivity contribution in [3.63, 3.8) is 0 Å². The molecule has 8 aromatic rings. The van der Waals surface area contributed by atoms with Gasteiger partial charge in [0, 0.05) is 69.6 Å². The summed E-state index contributed by atoms with van der Waals surface area (Å²) in [5, 5.41) is 37.6. The number of halogens is 6. The first-order valence-corrected chi connectivity index (χ1v) is 29.9. The lowest BCUT2D eigenvalue weighted by Gasteiger charge is -2.40. The predicted molar refractivity (Wildman–Crippen MR) is 315 cm³/mol. The highest BCUT2D eigenvalue weighted by Crippen LogP contribution is 2.66. The molecule has 85 heavy (non-hydrogen) atoms. The van der Waals surface area contributed by atoms with E-state index in [1.165, 1.54) is 18.2 Å². The second-order valence-corrected chi connectivity index (χ2v) is 25.4. The summed E-state index contributed by atoms with van der Waals surface area (Å²) in [4.78, 5) is 57.4. The molecule has 22 heteroatoms. The molecule has 2 saturated carbocycles. The fourth-order valence-electron chi connectivity index (χ4n) is 15.2. The van der Waals surface area contributed by atoms with Gasteiger partial charge in [0.15, 0.2) is 0 Å². The minimum absolute atomic E-state index is 0.0305. The van der Waals surface area contributed by atoms with Crippen LogP contribution in [0.15, 0.2) is 103 Å². The second kappa shape index (κ2) is 19.9. The van der Waals surface area contributed by atoms with Crippen molar-refractivity contribution < 1.29 is 47.6 Å². The van der Waals surface area contributed by atoms with Crippen LogP contribution >= 0.6 is 46.4 Å². The van der Waals surface area contributed by atoms with Crippen molar-refractivity contribution in [3.05, 3.63) is 174 Å². The molecule has 8 aliphatic rings. The van der Waals surface area contributed by atoms with Gasteiger partial charge < -0.3 is 30.3 Å². The van der Waals surface area contributed by atoms with Crippen molar-refractivity contribution in [1.82, 2.24) is 29.4 Å². The van der Waals surface area contributed by atoms with E-state index >= 15 is 8.78 Å². The number of anilines is 2. The Hall–Kier alpha value is -7.32. The average molecular weight is 1230 g/mol. The van der Waals surface area contributed by atoms with Crippen molar-refractivity contribution in [3.8, 4) is 11.8 Å². The minimum atomic E-state index is -1.28. The highest BCUT2D eigenvalue weighted by molar-refractivity contribution is 6.32. The lowest BCUT2D eigenvalue weighted by atomic mass is 9.73. The van der Waals surface area contributed by atoms with Crippen molar-refractivity contribution in [2.75, 3.05) is 36.9 Å². The van der Waals surface area contributed by atoms with Crippen LogP contribution in [0, 0.1) is 30.4 Å². The van der Waals surface area contributed by atoms with Crippen molar-refractivity contribution in [1.29, 1.82) is 0 Å². The molecule has 6 aliphatic heterocycles. The molecule has 2 spiro atoms. The zero-order valence-corrected chi connectivity index (χ0v) is 48.3. The Morgan fingerprint density at radius 1 is 0.612 bits per heavy atom. The van der Waals surface area contributed by atoms with Crippen molar-refractivity contribution >= 4 is 103 Å². The summed E-state index contributed by atoms with van der Waals surface area (Å²) >= 11 is 25.5. The van der Waals surface area contributed by atoms with Crippen LogP contribution in [-0.4, -0.2) is 102 Å². The number of carboxylic acids is 2. The topological polar surface area (TPSA) is 193 Å². The summed E-state index contributed by atoms with van der Waals surface area (Å²) in [6.45, 7) is 3.65. The van der Waals surface area contributed by atoms with Crippen molar-refractivity contribution in [2.24, 2.45) is 11.8 Å². The van der Waals surface area contributed by atoms with Crippen LogP contribution in [0.4, 0.5) is 20.2 Å². The molecule has 0 radical (unpaired) electrons. The Kier molecular flexibility index (Phi) is 12.7. The Morgan fingerprint density at radius 3 is 1.56 bits per heavy atom. The molecule has 2 amide bonds. The zero-order valence-electron chi connectivity index (χ0n) is 45.3. The number of nitrogens with zero attached hydrogens (tertiary/aromatic N) is 6. The van der Waals surface area contributed by atoms with E-state index in [4.69, 9.17) is 66.1 Å². The van der Waals surface area contributed by atoms with Gasteiger partial charge in [-0.1, -0.05) is 82.8 Å². The quantitative estimate of drug-likeness (QED) is 0.113. The molecular formula is C63H52Cl4F2N8O8. The molecule has 2 aliphatic carbocycles. The monoisotopic (exact) mass is 1230 g/mol. The van der Waals surface area contributed by atoms with Crippen LogP contribution < -0.4 is 20.1 Å². The molecule has 2 aromatic heterocycles. The molecule has 4 N–H and O–H groups in total. The summed E-state index contributed by atoms with van der Waals surface area (Å²) in [5.41, 5.74) is 2.72. The largest absolute Gasteiger partial charge is 0.478 e. The Balaban J connectivity index is 0.000000144. The van der Waals surface area contributed by atoms with Crippen LogP contribution in [0.25, 0.3) is 21.8 Å². The molecule has 2 unspecified atom stereocenters. The minimum Gasteiger partial charge on any atom is -0.478 e. The van der Waals surface area contributed by atoms with Crippen molar-refractivity contribution in [2.45, 2.75) is 92.5 Å². The van der Waals surface area contributed by atoms with Gasteiger partial charge in [-0.25, -0.2) is 27.7 Å². The number of ether oxygens (including phenoxy) is 2. The first kappa shape index (κ1) is 54.3. The second-order valence-electron chi connectivity index (χ2n) is 23.7. The van der Waals surface area contributed by atoms with Crippen LogP contribution in [0.2, 0.25) is 20.1 Å². The maximum absolute atomic E-state index is 16.3. The van der Waals surface area contributed by atoms with E-state index in [9.17, 15) is 29.4 Å². The van der Waals surface area contributed by atoms with E-state index in [2.05, 4.69) is 20.4 Å². The molecular weight excluding hydrogens is 1180 g/mol. The molecule has 6 aromatic carbocycles. The molecule has 8 atom stereocenters. The van der Waals surface area contributed by atoms with Gasteiger partial charge in [-0.15, -0.1) is 0 Å². The molecule has 16 rings (SSSR count). The Labute approximate surface area is 504 Å². The summed E-state index contributed by atoms with van der Waals surface area (Å²) in [6.07, 6.45) is 5.33. The van der Waals surface area contributed by atoms with E-state index in [1.807, 2.05) is 12.1 Å². The smallest absolute Gasteiger partial charge is 0.335 e. The Morgan fingerprint density at radius 2 is 1.09 bits per heavy atom. The van der Waals surface area contributed by atoms with E-state index in [0.29, 0.717) is 123 Å². The number of hydrogen-bond donors (Lipinski definition) is 4. The fourth-order valence-corrected chi connectivity index (χ4v) is 15.9. The summed E-state index contributed by atoms with van der Waals surface area (Å²) in [6, 6.07) is 27.0. The van der Waals surface area contributed by atoms with Crippen LogP contribution in [-0.2, 0) is 20.7 Å². The van der Waals surface area contributed by atoms with Gasteiger partial charge in [0.25, 0.3) is 0 Å². The number of benzene rings is 6. The molecule has 4 fully saturated rings. The van der Waals surface area contributed by atoms with Gasteiger partial charge in [-0.2, -0.15) is 10.2 Å². The predicted octanol–water partition coefficient (Wildman–Crippen LogP) is 12.8. The highest BCUT2D eigenvalue weighted by atomic mass is 35.5. The third-order valence-corrected chi connectivity index (χ3v) is 20.0. The standard InChI is InChI=1S/C32H27Cl2FN4O4.C31H25Cl2FN4O4/c1-15-11-23-20(13-19(15)30(40)41)29-39(37-23)28-25(9-10-43-29)38(14-16-5-6-16)32(26(28)18-3-2-4-22(34)27(18)35)21-8-7-17(33)12-24(21)36-31(32)42;32-17-7-8-20-23(13-17)35-30(41)31(20)25(18-2-1-3-21(33)26(18)34)27-24(37(31)14-15-4-5-15)10-11-42-28-19-12-16(29(39)40)6-9-22(19)36-38(27)28/h2-4,7-8,11-13,16,25-26,28H,5-6,9-10,14H2,1H3,(H,36,42)(H,40,41);1-3,6-9,12-13,15,24-25,27H,4-5,10-11,14H2,(H,35,41)(H,39,40)/t25-,26?,28+,32+;24-,25?,27+,31+/m00/s1. The number of rotatable bonds is 8. The first-order valence-electron chi connectivity index (χ1n) is 28.4. The summed E-state index contributed by atoms with van der Waals surface area (Å²) in [7, 11) is 0. The number of carbonyl (C=O) groups is 4. The number of aromatic nitrogens is 4. The van der Waals surface area contributed by atoms with E-state index in [-0.39, 0.29) is 45.1 Å². The lowest BCUT2D eigenvalue weighted by molar-refractivity contribution is -0.128. The van der Waals surface area contributed by atoms with Gasteiger partial charge in [-0.05, 0) is 141 Å². The van der Waals surface area contributed by atoms with Gasteiger partial charge >= 0.3 is 11.9 Å². The molecule has 0 bridgehead atoms. The average Bonchev–Trinajstić information content (AvgIpc) is 1.54. The summed E-state index contributed by atoms with van der Waals surface area (Å²) < 4.78 is 48.6. The number of nitrogens with one attached hydrogen (secondary N) is 2. The van der Waals surface area contributed by atoms with Crippen LogP contribution in [0.3, 0.4) is 0 Å². The van der Waals surface area contributed by atoms with Gasteiger partial charge in [0.1, 0.15) is 22.7 Å². The first-order chi connectivity index (χ1) is 41.0. The Bertz CT molecular complexity index is 4230. The van der Waals surface area contributed by atoms with E-state index < -0.39 is 58.6 Å². The fraction of sp³-hybridized carbons (Fsp3) is 0.333. The lowest BCUT2D eigenvalue weighted by Crippen LogP contribution is -2.53. The third kappa shape index (κ3) is 8.11. The highest BCUT2D eigenvalue weighted by Gasteiger charge is 2.71. The molecule has 2 saturated heterocycles. The van der Waals surface area contributed by atoms with Gasteiger partial charge in [0.2, 0.25) is 23.6 Å². The van der Waals surface area contributed by atoms with Crippen LogP contribution in [0.5, 0.6) is 11.8 Å². The number of carbonyl (C=O) groups excluding carboxylic acids is 2. The number of aromatic carboxylic acids is 2. The molecule has 16 nitrogen and oxygen atoms in total. The van der Waals surface area contributed by atoms with E-state index in [1.54, 1.807) is 89.1 Å². The number of hydrogen-bond acceptors (Lipinski definition) is 10. The number of aryl methyl sites for hydroxylation is 1. The zero-order chi connectivity index (χ0) is 58.7. The van der Waals surface area contributed by atoms with E-state index in [0.717, 1.165) is 36.8 Å². The van der Waals surface area contributed by atoms with Gasteiger partial charge in [-0.3, -0.25) is 19.4 Å². The van der Waals surface area contributed by atoms with Crippen LogP contribution in [0.1, 0.15) is 111 Å². The molecule has 434 valence electrons. The number of carboxylic acid groups (broad SMARTS) is 2. The maximum Gasteiger partial charge on any atom is 0.335 e. The SMILES string of the molecule is Cc1cc2nn3c(c2cc1C(=O)O)OCC[C@H]1[C@@H]3C(c2cccc(Cl)c2F)[C@]2(C(=O)Nc3cc(Cl)ccc32)N1CC1CC1.O=C(O)c1ccc2nn3c(c2c1)OCC[C@H]1[C@@H]3C(c2cccc(Cl)c2F)[C@]2(C(=O)Nc3cc(Cl)ccc32)N1CC1CC1. The summed E-state index contributed by atoms with van der Waals surface area (Å²) in [5.74, 6) is -3.63. The third-order valence-electron chi connectivity index (χ3n) is 19.0. The molecule has 8 heterocycles. The van der Waals surface area contributed by atoms with Gasteiger partial charge in [0.05, 0.1) is 68.3 Å². The maximum atomic E-state index is 16.3. The normalized spacial score (nSPS) is 26.3.